The zero-order valence-corrected chi connectivity index (χ0v) is 12.9. The molecule has 2 aromatic rings. The molecular formula is C19H24O. The van der Waals surface area contributed by atoms with Crippen LogP contribution in [0.25, 0.3) is 0 Å². The summed E-state index contributed by atoms with van der Waals surface area (Å²) in [5.41, 5.74) is 7.03. The van der Waals surface area contributed by atoms with E-state index in [9.17, 15) is 5.11 Å². The zero-order chi connectivity index (χ0) is 14.7. The highest BCUT2D eigenvalue weighted by Gasteiger charge is 2.15. The summed E-state index contributed by atoms with van der Waals surface area (Å²) >= 11 is 0. The van der Waals surface area contributed by atoms with Crippen LogP contribution in [0, 0.1) is 13.8 Å². The average Bonchev–Trinajstić information content (AvgIpc) is 2.48. The van der Waals surface area contributed by atoms with E-state index in [1.54, 1.807) is 0 Å². The van der Waals surface area contributed by atoms with E-state index in [4.69, 9.17) is 0 Å². The van der Waals surface area contributed by atoms with Gasteiger partial charge >= 0.3 is 0 Å². The van der Waals surface area contributed by atoms with Crippen molar-refractivity contribution >= 4 is 0 Å². The van der Waals surface area contributed by atoms with Crippen LogP contribution in [0.15, 0.2) is 36.4 Å². The molecule has 0 spiro atoms. The van der Waals surface area contributed by atoms with Crippen molar-refractivity contribution < 1.29 is 5.11 Å². The van der Waals surface area contributed by atoms with Crippen molar-refractivity contribution in [1.29, 1.82) is 0 Å². The highest BCUT2D eigenvalue weighted by Crippen LogP contribution is 2.28. The zero-order valence-electron chi connectivity index (χ0n) is 12.9. The Morgan fingerprint density at radius 3 is 2.25 bits per heavy atom. The number of hydrogen-bond acceptors (Lipinski definition) is 1. The van der Waals surface area contributed by atoms with Crippen molar-refractivity contribution in [2.24, 2.45) is 0 Å². The Morgan fingerprint density at radius 1 is 0.900 bits per heavy atom. The van der Waals surface area contributed by atoms with Gasteiger partial charge in [-0.15, -0.1) is 0 Å². The topological polar surface area (TPSA) is 20.2 Å². The van der Waals surface area contributed by atoms with Gasteiger partial charge in [-0.1, -0.05) is 50.2 Å². The Hall–Kier alpha value is -1.60. The Balaban J connectivity index is 2.45. The van der Waals surface area contributed by atoms with Gasteiger partial charge in [0.25, 0.3) is 0 Å². The molecule has 106 valence electrons. The molecule has 0 aromatic heterocycles. The van der Waals surface area contributed by atoms with Crippen molar-refractivity contribution in [3.8, 4) is 0 Å². The fourth-order valence-corrected chi connectivity index (χ4v) is 2.56. The first-order chi connectivity index (χ1) is 9.56. The predicted octanol–water partition coefficient (Wildman–Crippen LogP) is 4.51. The molecule has 20 heavy (non-hydrogen) atoms. The highest BCUT2D eigenvalue weighted by molar-refractivity contribution is 5.41. The van der Waals surface area contributed by atoms with Gasteiger partial charge in [-0.25, -0.2) is 0 Å². The van der Waals surface area contributed by atoms with Gasteiger partial charge in [-0.3, -0.25) is 0 Å². The van der Waals surface area contributed by atoms with E-state index in [-0.39, 0.29) is 0 Å². The highest BCUT2D eigenvalue weighted by atomic mass is 16.3. The number of aliphatic hydroxyl groups excluding tert-OH is 1. The number of rotatable bonds is 4. The minimum absolute atomic E-state index is 0.532. The summed E-state index contributed by atoms with van der Waals surface area (Å²) < 4.78 is 0. The van der Waals surface area contributed by atoms with Crippen molar-refractivity contribution in [1.82, 2.24) is 0 Å². The maximum absolute atomic E-state index is 10.7. The Bertz CT molecular complexity index is 599. The molecule has 1 N–H and O–H groups in total. The van der Waals surface area contributed by atoms with E-state index in [2.05, 4.69) is 58.0 Å². The van der Waals surface area contributed by atoms with Gasteiger partial charge in [0.2, 0.25) is 0 Å². The SMILES string of the molecule is CCc1ccc(CC)c(C(O)c2ccc(C)c(C)c2)c1. The van der Waals surface area contributed by atoms with Crippen molar-refractivity contribution in [2.75, 3.05) is 0 Å². The first-order valence-electron chi connectivity index (χ1n) is 7.43. The molecule has 0 aliphatic carbocycles. The Labute approximate surface area is 122 Å². The molecular weight excluding hydrogens is 244 g/mol. The fraction of sp³-hybridized carbons (Fsp3) is 0.368. The van der Waals surface area contributed by atoms with Crippen LogP contribution in [0.1, 0.15) is 53.3 Å². The summed E-state index contributed by atoms with van der Waals surface area (Å²) in [4.78, 5) is 0. The molecule has 1 nitrogen and oxygen atoms in total. The van der Waals surface area contributed by atoms with Crippen molar-refractivity contribution in [2.45, 2.75) is 46.6 Å². The number of hydrogen-bond donors (Lipinski definition) is 1. The molecule has 0 fully saturated rings. The molecule has 0 aliphatic rings. The van der Waals surface area contributed by atoms with E-state index >= 15 is 0 Å². The summed E-state index contributed by atoms with van der Waals surface area (Å²) in [5.74, 6) is 0. The van der Waals surface area contributed by atoms with Gasteiger partial charge in [0, 0.05) is 0 Å². The third-order valence-corrected chi connectivity index (χ3v) is 4.14. The molecule has 2 rings (SSSR count). The first-order valence-corrected chi connectivity index (χ1v) is 7.43. The molecule has 0 aliphatic heterocycles. The van der Waals surface area contributed by atoms with E-state index < -0.39 is 6.10 Å². The van der Waals surface area contributed by atoms with Crippen molar-refractivity contribution in [3.63, 3.8) is 0 Å². The second-order valence-electron chi connectivity index (χ2n) is 5.49. The molecule has 0 bridgehead atoms. The first kappa shape index (κ1) is 14.8. The molecule has 1 heteroatoms. The van der Waals surface area contributed by atoms with Crippen LogP contribution < -0.4 is 0 Å². The van der Waals surface area contributed by atoms with E-state index in [1.807, 2.05) is 6.07 Å². The van der Waals surface area contributed by atoms with Gasteiger partial charge in [0.05, 0.1) is 0 Å². The molecule has 0 amide bonds. The van der Waals surface area contributed by atoms with E-state index in [0.717, 1.165) is 24.0 Å². The number of benzene rings is 2. The van der Waals surface area contributed by atoms with Crippen LogP contribution in [-0.4, -0.2) is 5.11 Å². The number of aliphatic hydroxyl groups is 1. The second-order valence-corrected chi connectivity index (χ2v) is 5.49. The summed E-state index contributed by atoms with van der Waals surface area (Å²) in [6.07, 6.45) is 1.41. The minimum atomic E-state index is -0.532. The lowest BCUT2D eigenvalue weighted by Crippen LogP contribution is -2.05. The molecule has 0 saturated carbocycles. The lowest BCUT2D eigenvalue weighted by Gasteiger charge is -2.17. The van der Waals surface area contributed by atoms with Gasteiger partial charge in [0.15, 0.2) is 0 Å². The van der Waals surface area contributed by atoms with E-state index in [1.165, 1.54) is 22.3 Å². The van der Waals surface area contributed by atoms with E-state index in [0.29, 0.717) is 0 Å². The monoisotopic (exact) mass is 268 g/mol. The second kappa shape index (κ2) is 6.23. The summed E-state index contributed by atoms with van der Waals surface area (Å²) in [5, 5.41) is 10.7. The molecule has 1 unspecified atom stereocenters. The predicted molar refractivity (Wildman–Crippen MR) is 85.2 cm³/mol. The quantitative estimate of drug-likeness (QED) is 0.865. The van der Waals surface area contributed by atoms with Crippen LogP contribution >= 0.6 is 0 Å². The average molecular weight is 268 g/mol. The lowest BCUT2D eigenvalue weighted by molar-refractivity contribution is 0.219. The third-order valence-electron chi connectivity index (χ3n) is 4.14. The number of aryl methyl sites for hydroxylation is 4. The largest absolute Gasteiger partial charge is 0.384 e. The molecule has 0 heterocycles. The van der Waals surface area contributed by atoms with Gasteiger partial charge in [-0.05, 0) is 60.1 Å². The van der Waals surface area contributed by atoms with Crippen LogP contribution in [0.3, 0.4) is 0 Å². The van der Waals surface area contributed by atoms with Gasteiger partial charge in [0.1, 0.15) is 6.10 Å². The maximum atomic E-state index is 10.7. The van der Waals surface area contributed by atoms with Gasteiger partial charge < -0.3 is 5.11 Å². The molecule has 0 saturated heterocycles. The standard InChI is InChI=1S/C19H24O/c1-5-15-8-10-16(6-2)18(12-15)19(20)17-9-7-13(3)14(4)11-17/h7-12,19-20H,5-6H2,1-4H3. The summed E-state index contributed by atoms with van der Waals surface area (Å²) in [7, 11) is 0. The van der Waals surface area contributed by atoms with Crippen LogP contribution in [0.2, 0.25) is 0 Å². The van der Waals surface area contributed by atoms with Gasteiger partial charge in [-0.2, -0.15) is 0 Å². The molecule has 2 aromatic carbocycles. The molecule has 0 radical (unpaired) electrons. The summed E-state index contributed by atoms with van der Waals surface area (Å²) in [6.45, 7) is 8.47. The van der Waals surface area contributed by atoms with Crippen LogP contribution in [-0.2, 0) is 12.8 Å². The molecule has 1 atom stereocenters. The lowest BCUT2D eigenvalue weighted by atomic mass is 9.92. The van der Waals surface area contributed by atoms with Crippen molar-refractivity contribution in [3.05, 3.63) is 69.8 Å². The Kier molecular flexibility index (Phi) is 4.61. The summed E-state index contributed by atoms with van der Waals surface area (Å²) in [6, 6.07) is 12.7. The normalized spacial score (nSPS) is 12.4. The fourth-order valence-electron chi connectivity index (χ4n) is 2.56. The van der Waals surface area contributed by atoms with Crippen LogP contribution in [0.5, 0.6) is 0 Å². The third kappa shape index (κ3) is 2.94. The Morgan fingerprint density at radius 2 is 1.65 bits per heavy atom. The van der Waals surface area contributed by atoms with Crippen LogP contribution in [0.4, 0.5) is 0 Å². The minimum Gasteiger partial charge on any atom is -0.384 e. The smallest absolute Gasteiger partial charge is 0.104 e. The maximum Gasteiger partial charge on any atom is 0.104 e.